The maximum Gasteiger partial charge on any atom is 0.221 e. The van der Waals surface area contributed by atoms with E-state index in [4.69, 9.17) is 0 Å². The normalized spacial score (nSPS) is 10.2. The SMILES string of the molecule is CC(=O)Nc1cc(NCc2cc(O)cc(F)c2)ccc1C. The van der Waals surface area contributed by atoms with Crippen molar-refractivity contribution in [3.63, 3.8) is 0 Å². The Bertz CT molecular complexity index is 651. The van der Waals surface area contributed by atoms with Gasteiger partial charge in [-0.2, -0.15) is 0 Å². The number of carbonyl (C=O) groups excluding carboxylic acids is 1. The molecule has 2 aromatic rings. The third-order valence-corrected chi connectivity index (χ3v) is 2.99. The molecule has 0 aliphatic heterocycles. The smallest absolute Gasteiger partial charge is 0.221 e. The second kappa shape index (κ2) is 6.26. The minimum atomic E-state index is -0.477. The van der Waals surface area contributed by atoms with Gasteiger partial charge in [0.2, 0.25) is 5.91 Å². The molecule has 0 aromatic heterocycles. The number of nitrogens with one attached hydrogen (secondary N) is 2. The van der Waals surface area contributed by atoms with Crippen LogP contribution in [0.4, 0.5) is 15.8 Å². The van der Waals surface area contributed by atoms with Crippen LogP contribution in [-0.4, -0.2) is 11.0 Å². The number of halogens is 1. The quantitative estimate of drug-likeness (QED) is 0.808. The number of hydrogen-bond donors (Lipinski definition) is 3. The maximum absolute atomic E-state index is 13.2. The number of benzene rings is 2. The standard InChI is InChI=1S/C16H17FN2O2/c1-10-3-4-14(8-16(10)19-11(2)20)18-9-12-5-13(17)7-15(21)6-12/h3-8,18,21H,9H2,1-2H3,(H,19,20). The van der Waals surface area contributed by atoms with Crippen molar-refractivity contribution in [1.82, 2.24) is 0 Å². The number of aromatic hydroxyl groups is 1. The minimum absolute atomic E-state index is 0.102. The Morgan fingerprint density at radius 1 is 1.24 bits per heavy atom. The molecule has 110 valence electrons. The van der Waals surface area contributed by atoms with Gasteiger partial charge < -0.3 is 15.7 Å². The molecule has 0 aliphatic carbocycles. The van der Waals surface area contributed by atoms with Crippen LogP contribution in [-0.2, 0) is 11.3 Å². The van der Waals surface area contributed by atoms with Gasteiger partial charge in [0.25, 0.3) is 0 Å². The summed E-state index contributed by atoms with van der Waals surface area (Å²) >= 11 is 0. The van der Waals surface area contributed by atoms with Gasteiger partial charge in [-0.1, -0.05) is 6.07 Å². The molecule has 0 aliphatic rings. The number of anilines is 2. The lowest BCUT2D eigenvalue weighted by Gasteiger charge is -2.11. The molecule has 0 heterocycles. The van der Waals surface area contributed by atoms with Crippen LogP contribution < -0.4 is 10.6 Å². The van der Waals surface area contributed by atoms with E-state index in [0.29, 0.717) is 12.1 Å². The molecule has 2 aromatic carbocycles. The zero-order valence-corrected chi connectivity index (χ0v) is 11.9. The van der Waals surface area contributed by atoms with E-state index < -0.39 is 5.82 Å². The number of aryl methyl sites for hydroxylation is 1. The van der Waals surface area contributed by atoms with Gasteiger partial charge >= 0.3 is 0 Å². The van der Waals surface area contributed by atoms with Crippen molar-refractivity contribution in [1.29, 1.82) is 0 Å². The van der Waals surface area contributed by atoms with Gasteiger partial charge in [-0.05, 0) is 42.3 Å². The molecule has 0 saturated carbocycles. The molecule has 21 heavy (non-hydrogen) atoms. The first-order valence-electron chi connectivity index (χ1n) is 6.54. The van der Waals surface area contributed by atoms with Crippen molar-refractivity contribution in [2.24, 2.45) is 0 Å². The van der Waals surface area contributed by atoms with Crippen LogP contribution >= 0.6 is 0 Å². The van der Waals surface area contributed by atoms with Crippen molar-refractivity contribution in [2.45, 2.75) is 20.4 Å². The molecule has 0 saturated heterocycles. The second-order valence-electron chi connectivity index (χ2n) is 4.88. The number of rotatable bonds is 4. The monoisotopic (exact) mass is 288 g/mol. The Hall–Kier alpha value is -2.56. The predicted molar refractivity (Wildman–Crippen MR) is 80.9 cm³/mol. The van der Waals surface area contributed by atoms with Gasteiger partial charge in [0, 0.05) is 30.9 Å². The Morgan fingerprint density at radius 3 is 2.67 bits per heavy atom. The van der Waals surface area contributed by atoms with Gasteiger partial charge in [-0.15, -0.1) is 0 Å². The number of phenols is 1. The topological polar surface area (TPSA) is 61.4 Å². The van der Waals surface area contributed by atoms with E-state index in [1.54, 1.807) is 0 Å². The van der Waals surface area contributed by atoms with E-state index in [2.05, 4.69) is 10.6 Å². The first kappa shape index (κ1) is 14.8. The van der Waals surface area contributed by atoms with Crippen LogP contribution in [0.15, 0.2) is 36.4 Å². The van der Waals surface area contributed by atoms with Gasteiger partial charge in [-0.25, -0.2) is 4.39 Å². The zero-order valence-electron chi connectivity index (χ0n) is 11.9. The minimum Gasteiger partial charge on any atom is -0.508 e. The van der Waals surface area contributed by atoms with E-state index >= 15 is 0 Å². The molecule has 4 nitrogen and oxygen atoms in total. The van der Waals surface area contributed by atoms with Crippen LogP contribution in [0.1, 0.15) is 18.1 Å². The maximum atomic E-state index is 13.2. The van der Waals surface area contributed by atoms with E-state index in [1.165, 1.54) is 19.1 Å². The summed E-state index contributed by atoms with van der Waals surface area (Å²) in [7, 11) is 0. The van der Waals surface area contributed by atoms with Crippen molar-refractivity contribution in [3.8, 4) is 5.75 Å². The summed E-state index contributed by atoms with van der Waals surface area (Å²) < 4.78 is 13.2. The Morgan fingerprint density at radius 2 is 2.00 bits per heavy atom. The Labute approximate surface area is 122 Å². The largest absolute Gasteiger partial charge is 0.508 e. The lowest BCUT2D eigenvalue weighted by Crippen LogP contribution is -2.08. The average molecular weight is 288 g/mol. The zero-order chi connectivity index (χ0) is 15.4. The number of amides is 1. The highest BCUT2D eigenvalue weighted by Gasteiger charge is 2.04. The summed E-state index contributed by atoms with van der Waals surface area (Å²) in [4.78, 5) is 11.1. The predicted octanol–water partition coefficient (Wildman–Crippen LogP) is 3.41. The summed E-state index contributed by atoms with van der Waals surface area (Å²) in [6, 6.07) is 9.49. The molecule has 0 atom stereocenters. The second-order valence-corrected chi connectivity index (χ2v) is 4.88. The summed E-state index contributed by atoms with van der Waals surface area (Å²) in [5, 5.41) is 15.2. The van der Waals surface area contributed by atoms with E-state index in [9.17, 15) is 14.3 Å². The number of phenolic OH excluding ortho intramolecular Hbond substituents is 1. The molecule has 3 N–H and O–H groups in total. The van der Waals surface area contributed by atoms with Gasteiger partial charge in [0.15, 0.2) is 0 Å². The molecule has 0 spiro atoms. The molecule has 0 radical (unpaired) electrons. The fourth-order valence-electron chi connectivity index (χ4n) is 2.00. The lowest BCUT2D eigenvalue weighted by atomic mass is 10.1. The van der Waals surface area contributed by atoms with Crippen LogP contribution in [0.3, 0.4) is 0 Å². The van der Waals surface area contributed by atoms with Gasteiger partial charge in [0.1, 0.15) is 11.6 Å². The summed E-state index contributed by atoms with van der Waals surface area (Å²) in [6.45, 7) is 3.72. The summed E-state index contributed by atoms with van der Waals surface area (Å²) in [5.74, 6) is -0.713. The van der Waals surface area contributed by atoms with Gasteiger partial charge in [0.05, 0.1) is 0 Å². The van der Waals surface area contributed by atoms with Crippen LogP contribution in [0.25, 0.3) is 0 Å². The highest BCUT2D eigenvalue weighted by Crippen LogP contribution is 2.21. The van der Waals surface area contributed by atoms with Crippen LogP contribution in [0.5, 0.6) is 5.75 Å². The van der Waals surface area contributed by atoms with E-state index in [0.717, 1.165) is 23.0 Å². The van der Waals surface area contributed by atoms with Crippen molar-refractivity contribution >= 4 is 17.3 Å². The summed E-state index contributed by atoms with van der Waals surface area (Å²) in [6.07, 6.45) is 0. The lowest BCUT2D eigenvalue weighted by molar-refractivity contribution is -0.114. The molecule has 5 heteroatoms. The Kier molecular flexibility index (Phi) is 4.42. The molecule has 0 unspecified atom stereocenters. The van der Waals surface area contributed by atoms with Crippen molar-refractivity contribution < 1.29 is 14.3 Å². The molecular weight excluding hydrogens is 271 g/mol. The van der Waals surface area contributed by atoms with E-state index in [1.807, 2.05) is 25.1 Å². The third-order valence-electron chi connectivity index (χ3n) is 2.99. The Balaban J connectivity index is 2.11. The third kappa shape index (κ3) is 4.21. The highest BCUT2D eigenvalue weighted by atomic mass is 19.1. The number of hydrogen-bond acceptors (Lipinski definition) is 3. The van der Waals surface area contributed by atoms with Crippen molar-refractivity contribution in [2.75, 3.05) is 10.6 Å². The summed E-state index contributed by atoms with van der Waals surface area (Å²) in [5.41, 5.74) is 3.12. The molecule has 1 amide bonds. The number of carbonyl (C=O) groups is 1. The van der Waals surface area contributed by atoms with E-state index in [-0.39, 0.29) is 11.7 Å². The average Bonchev–Trinajstić information content (AvgIpc) is 2.38. The van der Waals surface area contributed by atoms with Crippen LogP contribution in [0.2, 0.25) is 0 Å². The molecule has 0 fully saturated rings. The highest BCUT2D eigenvalue weighted by molar-refractivity contribution is 5.90. The fraction of sp³-hybridized carbons (Fsp3) is 0.188. The molecular formula is C16H17FN2O2. The van der Waals surface area contributed by atoms with Crippen LogP contribution in [0, 0.1) is 12.7 Å². The van der Waals surface area contributed by atoms with Crippen molar-refractivity contribution in [3.05, 3.63) is 53.3 Å². The molecule has 0 bridgehead atoms. The van der Waals surface area contributed by atoms with Gasteiger partial charge in [-0.3, -0.25) is 4.79 Å². The fourth-order valence-corrected chi connectivity index (χ4v) is 2.00. The first-order valence-corrected chi connectivity index (χ1v) is 6.54. The first-order chi connectivity index (χ1) is 9.94. The molecule has 2 rings (SSSR count).